The summed E-state index contributed by atoms with van der Waals surface area (Å²) in [5.41, 5.74) is 16.0. The summed E-state index contributed by atoms with van der Waals surface area (Å²) >= 11 is -1.73. The van der Waals surface area contributed by atoms with E-state index >= 15 is 0 Å². The van der Waals surface area contributed by atoms with Crippen LogP contribution in [-0.2, 0) is 20.1 Å². The molecule has 5 heterocycles. The third kappa shape index (κ3) is 9.08. The molecule has 68 heavy (non-hydrogen) atoms. The van der Waals surface area contributed by atoms with Gasteiger partial charge in [0, 0.05) is 59.3 Å². The molecule has 0 fully saturated rings. The van der Waals surface area contributed by atoms with Gasteiger partial charge < -0.3 is 8.98 Å². The first-order chi connectivity index (χ1) is 32.4. The van der Waals surface area contributed by atoms with Crippen molar-refractivity contribution in [3.8, 4) is 39.5 Å². The van der Waals surface area contributed by atoms with Crippen LogP contribution in [0.2, 0.25) is 17.3 Å². The van der Waals surface area contributed by atoms with Gasteiger partial charge in [-0.15, -0.1) is 18.2 Å². The molecule has 5 aromatic heterocycles. The molecule has 0 amide bonds. The van der Waals surface area contributed by atoms with Crippen LogP contribution in [0.15, 0.2) is 156 Å². The number of benzene rings is 5. The summed E-state index contributed by atoms with van der Waals surface area (Å²) in [4.78, 5) is 20.2. The first-order valence-corrected chi connectivity index (χ1v) is 30.8. The van der Waals surface area contributed by atoms with Crippen LogP contribution in [0.1, 0.15) is 62.0 Å². The molecule has 0 saturated heterocycles. The molecule has 1 aliphatic rings. The zero-order chi connectivity index (χ0) is 46.4. The molecule has 341 valence electrons. The minimum atomic E-state index is -1.73. The summed E-state index contributed by atoms with van der Waals surface area (Å²) in [5.74, 6) is 8.68. The van der Waals surface area contributed by atoms with Crippen LogP contribution >= 0.6 is 0 Å². The SMILES string of the molecule is Cc1c[c-]c(-c2cc[c]([Ge]([CH3])([CH3])[CH3])cn2)cc1.Cc1ccc2ccc3nc(-c4[c-]ccc5c4oc4nc(C(C)C(C)C)ccc45)n(-c4c(C5=CC=CCC5)cccc4-c4ccccc4)c3c2n1.[Ir]. The Morgan fingerprint density at radius 1 is 0.750 bits per heavy atom. The van der Waals surface area contributed by atoms with E-state index in [1.807, 2.05) is 25.3 Å². The van der Waals surface area contributed by atoms with Gasteiger partial charge in [-0.2, -0.15) is 0 Å². The summed E-state index contributed by atoms with van der Waals surface area (Å²) < 4.78 is 10.5. The van der Waals surface area contributed by atoms with Gasteiger partial charge in [0.1, 0.15) is 0 Å². The van der Waals surface area contributed by atoms with Crippen molar-refractivity contribution in [1.29, 1.82) is 0 Å². The summed E-state index contributed by atoms with van der Waals surface area (Å²) in [5, 5.41) is 3.06. The Bertz CT molecular complexity index is 3510. The molecular formula is C60H55GeIrN5O-2. The van der Waals surface area contributed by atoms with Gasteiger partial charge in [0.15, 0.2) is 0 Å². The minimum Gasteiger partial charge on any atom is -0.486 e. The molecule has 10 aromatic rings. The molecule has 5 aromatic carbocycles. The number of pyridine rings is 3. The van der Waals surface area contributed by atoms with Gasteiger partial charge in [0.25, 0.3) is 0 Å². The van der Waals surface area contributed by atoms with Gasteiger partial charge in [-0.25, -0.2) is 4.98 Å². The molecule has 1 unspecified atom stereocenters. The number of rotatable bonds is 8. The summed E-state index contributed by atoms with van der Waals surface area (Å²) in [7, 11) is 0. The number of aromatic nitrogens is 5. The molecule has 0 aliphatic heterocycles. The predicted molar refractivity (Wildman–Crippen MR) is 282 cm³/mol. The number of para-hydroxylation sites is 1. The van der Waals surface area contributed by atoms with E-state index in [0.29, 0.717) is 17.5 Å². The van der Waals surface area contributed by atoms with Crippen molar-refractivity contribution in [2.45, 2.75) is 70.6 Å². The fourth-order valence-corrected chi connectivity index (χ4v) is 11.2. The fraction of sp³-hybridized carbons (Fsp3) is 0.200. The Balaban J connectivity index is 0.000000272. The Labute approximate surface area is 416 Å². The zero-order valence-electron chi connectivity index (χ0n) is 40.0. The van der Waals surface area contributed by atoms with E-state index in [1.54, 1.807) is 0 Å². The number of allylic oxidation sites excluding steroid dienone is 4. The van der Waals surface area contributed by atoms with E-state index in [2.05, 4.69) is 200 Å². The smallest absolute Gasteiger partial charge is 0.216 e. The Kier molecular flexibility index (Phi) is 13.4. The van der Waals surface area contributed by atoms with E-state index in [0.717, 1.165) is 102 Å². The number of fused-ring (bicyclic) bond motifs is 6. The Morgan fingerprint density at radius 3 is 2.28 bits per heavy atom. The number of hydrogen-bond donors (Lipinski definition) is 0. The maximum absolute atomic E-state index is 6.73. The average Bonchev–Trinajstić information content (AvgIpc) is 3.93. The summed E-state index contributed by atoms with van der Waals surface area (Å²) in [6.07, 6.45) is 10.7. The molecule has 1 radical (unpaired) electrons. The maximum Gasteiger partial charge on any atom is 0.216 e. The van der Waals surface area contributed by atoms with E-state index in [1.165, 1.54) is 21.1 Å². The molecule has 1 atom stereocenters. The van der Waals surface area contributed by atoms with Crippen molar-refractivity contribution in [1.82, 2.24) is 24.5 Å². The van der Waals surface area contributed by atoms with Crippen molar-refractivity contribution in [3.05, 3.63) is 186 Å². The number of hydrogen-bond acceptors (Lipinski definition) is 5. The van der Waals surface area contributed by atoms with Crippen LogP contribution in [0, 0.1) is 31.9 Å². The molecule has 11 rings (SSSR count). The van der Waals surface area contributed by atoms with Gasteiger partial charge >= 0.3 is 106 Å². The molecule has 0 saturated carbocycles. The first-order valence-electron chi connectivity index (χ1n) is 23.5. The van der Waals surface area contributed by atoms with Crippen LogP contribution < -0.4 is 4.40 Å². The molecule has 1 aliphatic carbocycles. The number of imidazole rings is 1. The topological polar surface area (TPSA) is 69.6 Å². The normalized spacial score (nSPS) is 13.2. The van der Waals surface area contributed by atoms with Gasteiger partial charge in [0.05, 0.1) is 33.6 Å². The summed E-state index contributed by atoms with van der Waals surface area (Å²) in [6, 6.07) is 51.5. The predicted octanol–water partition coefficient (Wildman–Crippen LogP) is 15.2. The third-order valence-electron chi connectivity index (χ3n) is 13.2. The molecule has 0 N–H and O–H groups in total. The van der Waals surface area contributed by atoms with E-state index < -0.39 is 13.3 Å². The second kappa shape index (κ2) is 19.4. The molecular weight excluding hydrogens is 1070 g/mol. The first kappa shape index (κ1) is 46.8. The second-order valence-corrected chi connectivity index (χ2v) is 29.9. The van der Waals surface area contributed by atoms with Crippen LogP contribution in [0.5, 0.6) is 0 Å². The van der Waals surface area contributed by atoms with Gasteiger partial charge in [0.2, 0.25) is 5.71 Å². The van der Waals surface area contributed by atoms with Crippen molar-refractivity contribution < 1.29 is 24.5 Å². The van der Waals surface area contributed by atoms with Crippen LogP contribution in [-0.4, -0.2) is 37.8 Å². The molecule has 0 bridgehead atoms. The third-order valence-corrected chi connectivity index (χ3v) is 17.5. The fourth-order valence-electron chi connectivity index (χ4n) is 9.00. The quantitative estimate of drug-likeness (QED) is 0.112. The number of furan rings is 1. The van der Waals surface area contributed by atoms with Gasteiger partial charge in [-0.05, 0) is 61.1 Å². The van der Waals surface area contributed by atoms with Gasteiger partial charge in [-0.1, -0.05) is 111 Å². The largest absolute Gasteiger partial charge is 0.486 e. The van der Waals surface area contributed by atoms with Crippen LogP contribution in [0.4, 0.5) is 0 Å². The number of nitrogens with zero attached hydrogens (tertiary/aromatic N) is 5. The Morgan fingerprint density at radius 2 is 1.56 bits per heavy atom. The van der Waals surface area contributed by atoms with Crippen molar-refractivity contribution in [2.24, 2.45) is 5.92 Å². The van der Waals surface area contributed by atoms with Crippen LogP contribution in [0.3, 0.4) is 0 Å². The standard InChI is InChI=1S/C45H37N4O.C15H18GeN.Ir/c1-27(2)29(4)38-26-24-36-35-19-12-20-37(43(35)50-45(36)48-38)44-47-39-25-23-32-22-21-28(3)46-40(32)42(39)49(44)41-33(30-13-7-5-8-14-30)17-11-18-34(41)31-15-9-6-10-16-31;1-12-5-7-13(8-6-12)15-10-9-14(11-17-15)16(2,3)4;/h5-9,11-15,17-19,21-27,29H,10,16H2,1-4H3;5-7,9-11H,1-4H3;/q2*-1;. The number of aryl methyl sites for hydroxylation is 2. The molecule has 6 nitrogen and oxygen atoms in total. The summed E-state index contributed by atoms with van der Waals surface area (Å²) in [6.45, 7) is 10.8. The zero-order valence-corrected chi connectivity index (χ0v) is 44.5. The van der Waals surface area contributed by atoms with Crippen molar-refractivity contribution in [3.63, 3.8) is 0 Å². The second-order valence-electron chi connectivity index (χ2n) is 19.2. The van der Waals surface area contributed by atoms with Crippen LogP contribution in [0.25, 0.3) is 89.0 Å². The van der Waals surface area contributed by atoms with Gasteiger partial charge in [-0.3, -0.25) is 9.97 Å². The van der Waals surface area contributed by atoms with Crippen molar-refractivity contribution >= 4 is 67.2 Å². The van der Waals surface area contributed by atoms with E-state index in [-0.39, 0.29) is 20.1 Å². The Hall–Kier alpha value is -6.25. The van der Waals surface area contributed by atoms with E-state index in [4.69, 9.17) is 19.4 Å². The maximum atomic E-state index is 6.73. The average molecular weight is 1130 g/mol. The molecule has 8 heteroatoms. The van der Waals surface area contributed by atoms with E-state index in [9.17, 15) is 0 Å². The molecule has 0 spiro atoms. The monoisotopic (exact) mass is 1130 g/mol. The van der Waals surface area contributed by atoms with Crippen molar-refractivity contribution in [2.75, 3.05) is 0 Å². The minimum absolute atomic E-state index is 0.